The summed E-state index contributed by atoms with van der Waals surface area (Å²) in [5.41, 5.74) is -4.51. The first kappa shape index (κ1) is 32.6. The Bertz CT molecular complexity index is 1640. The molecular weight excluding hydrogens is 604 g/mol. The molecule has 0 aliphatic carbocycles. The van der Waals surface area contributed by atoms with Gasteiger partial charge in [-0.1, -0.05) is 0 Å². The standard InChI is InChI=1S/C29H32O16/c1-9(30)17(34)24-22(39)26(40)29(41,27-21(38)20(37)18(35)10(2)42-27)28(44-24)45-25-19(36)16-14(33)7-13(32)8-15(16)43-23(25)11-3-5-12(31)6-4-11/h3-8,10,17-18,20-22,24,26-28,31-35,37-41H,1-2H3/t10-,17?,18-,20+,21+,22+,24-,26+,27?,28?,29+/m1/s1. The number of aliphatic hydroxyl groups excluding tert-OH is 6. The first-order chi connectivity index (χ1) is 21.1. The Balaban J connectivity index is 1.73. The Morgan fingerprint density at radius 3 is 2.18 bits per heavy atom. The van der Waals surface area contributed by atoms with E-state index in [9.17, 15) is 60.7 Å². The number of aliphatic hydroxyl groups is 7. The van der Waals surface area contributed by atoms with Crippen molar-refractivity contribution in [1.29, 1.82) is 0 Å². The lowest BCUT2D eigenvalue weighted by Crippen LogP contribution is -2.78. The Morgan fingerprint density at radius 1 is 0.911 bits per heavy atom. The number of hydrogen-bond acceptors (Lipinski definition) is 16. The zero-order chi connectivity index (χ0) is 33.1. The van der Waals surface area contributed by atoms with E-state index >= 15 is 0 Å². The second-order valence-corrected chi connectivity index (χ2v) is 11.1. The highest BCUT2D eigenvalue weighted by Gasteiger charge is 2.66. The van der Waals surface area contributed by atoms with Crippen molar-refractivity contribution in [3.8, 4) is 34.3 Å². The summed E-state index contributed by atoms with van der Waals surface area (Å²) in [6, 6.07) is 6.86. The molecular formula is C29H32O16. The molecule has 244 valence electrons. The smallest absolute Gasteiger partial charge is 0.239 e. The van der Waals surface area contributed by atoms with Crippen LogP contribution in [-0.4, -0.2) is 124 Å². The molecule has 3 heterocycles. The SMILES string of the molecule is CC(=O)C(O)[C@H]1OC(Oc2c(-c3ccc(O)cc3)oc3cc(O)cc(O)c3c2=O)[C@@](O)(C2O[C@H](C)[C@@H](O)[C@H](O)[C@@H]2O)[C@@H](O)[C@H]1O. The maximum atomic E-state index is 13.9. The molecule has 0 bridgehead atoms. The van der Waals surface area contributed by atoms with Crippen LogP contribution in [0.1, 0.15) is 13.8 Å². The third kappa shape index (κ3) is 5.39. The molecule has 2 aliphatic rings. The normalized spacial score (nSPS) is 34.4. The number of ether oxygens (including phenoxy) is 3. The molecule has 1 aromatic heterocycles. The monoisotopic (exact) mass is 636 g/mol. The van der Waals surface area contributed by atoms with Gasteiger partial charge in [0.2, 0.25) is 17.5 Å². The summed E-state index contributed by atoms with van der Waals surface area (Å²) in [4.78, 5) is 25.9. The Labute approximate surface area is 253 Å². The summed E-state index contributed by atoms with van der Waals surface area (Å²) in [6.07, 6.45) is -20.4. The van der Waals surface area contributed by atoms with E-state index in [1.54, 1.807) is 0 Å². The van der Waals surface area contributed by atoms with Gasteiger partial charge >= 0.3 is 0 Å². The second-order valence-electron chi connectivity index (χ2n) is 11.1. The van der Waals surface area contributed by atoms with Gasteiger partial charge in [0.1, 0.15) is 77.0 Å². The Hall–Kier alpha value is -3.84. The van der Waals surface area contributed by atoms with Crippen molar-refractivity contribution < 1.29 is 74.5 Å². The molecule has 10 N–H and O–H groups in total. The molecule has 16 heteroatoms. The fraction of sp³-hybridized carbons (Fsp3) is 0.448. The van der Waals surface area contributed by atoms with Crippen LogP contribution in [0.2, 0.25) is 0 Å². The van der Waals surface area contributed by atoms with Crippen LogP contribution in [0, 0.1) is 0 Å². The Kier molecular flexibility index (Phi) is 8.56. The zero-order valence-corrected chi connectivity index (χ0v) is 23.7. The van der Waals surface area contributed by atoms with Gasteiger partial charge in [-0.05, 0) is 38.1 Å². The van der Waals surface area contributed by atoms with Crippen LogP contribution in [0.4, 0.5) is 0 Å². The van der Waals surface area contributed by atoms with Gasteiger partial charge in [0, 0.05) is 17.7 Å². The lowest BCUT2D eigenvalue weighted by atomic mass is 9.76. The summed E-state index contributed by atoms with van der Waals surface area (Å²) in [7, 11) is 0. The average molecular weight is 637 g/mol. The number of phenolic OH excluding ortho intramolecular Hbond substituents is 3. The van der Waals surface area contributed by atoms with Crippen molar-refractivity contribution in [1.82, 2.24) is 0 Å². The molecule has 2 fully saturated rings. The number of Topliss-reactive ketones (excluding diaryl/α,β-unsaturated/α-hetero) is 1. The van der Waals surface area contributed by atoms with Gasteiger partial charge in [0.25, 0.3) is 0 Å². The number of benzene rings is 2. The van der Waals surface area contributed by atoms with Crippen LogP contribution in [0.3, 0.4) is 0 Å². The first-order valence-electron chi connectivity index (χ1n) is 13.7. The van der Waals surface area contributed by atoms with Crippen LogP contribution >= 0.6 is 0 Å². The summed E-state index contributed by atoms with van der Waals surface area (Å²) in [5.74, 6) is -3.59. The van der Waals surface area contributed by atoms with Crippen molar-refractivity contribution in [2.45, 2.75) is 80.7 Å². The average Bonchev–Trinajstić information content (AvgIpc) is 2.98. The Morgan fingerprint density at radius 2 is 1.56 bits per heavy atom. The minimum absolute atomic E-state index is 0.0611. The van der Waals surface area contributed by atoms with E-state index in [-0.39, 0.29) is 16.9 Å². The molecule has 0 radical (unpaired) electrons. The maximum absolute atomic E-state index is 13.9. The van der Waals surface area contributed by atoms with Crippen molar-refractivity contribution in [2.75, 3.05) is 0 Å². The summed E-state index contributed by atoms with van der Waals surface area (Å²) >= 11 is 0. The third-order valence-corrected chi connectivity index (χ3v) is 8.10. The van der Waals surface area contributed by atoms with Crippen molar-refractivity contribution in [3.05, 3.63) is 46.6 Å². The van der Waals surface area contributed by atoms with Crippen LogP contribution in [0.25, 0.3) is 22.3 Å². The number of rotatable bonds is 6. The van der Waals surface area contributed by atoms with Crippen molar-refractivity contribution in [3.63, 3.8) is 0 Å². The van der Waals surface area contributed by atoms with E-state index in [0.29, 0.717) is 0 Å². The van der Waals surface area contributed by atoms with Gasteiger partial charge in [-0.15, -0.1) is 0 Å². The quantitative estimate of drug-likeness (QED) is 0.139. The number of phenols is 3. The number of aromatic hydroxyl groups is 3. The van der Waals surface area contributed by atoms with Gasteiger partial charge in [-0.2, -0.15) is 0 Å². The number of hydrogen-bond donors (Lipinski definition) is 10. The molecule has 0 amide bonds. The summed E-state index contributed by atoms with van der Waals surface area (Å²) < 4.78 is 22.8. The van der Waals surface area contributed by atoms with E-state index in [1.807, 2.05) is 0 Å². The van der Waals surface area contributed by atoms with E-state index in [1.165, 1.54) is 31.2 Å². The van der Waals surface area contributed by atoms with Crippen LogP contribution in [0.5, 0.6) is 23.0 Å². The topological polar surface area (TPSA) is 277 Å². The number of carbonyl (C=O) groups is 1. The van der Waals surface area contributed by atoms with Gasteiger partial charge in [0.15, 0.2) is 17.1 Å². The summed E-state index contributed by atoms with van der Waals surface area (Å²) in [5, 5.41) is 106. The van der Waals surface area contributed by atoms with Crippen molar-refractivity contribution in [2.24, 2.45) is 0 Å². The molecule has 16 nitrogen and oxygen atoms in total. The molecule has 5 rings (SSSR count). The molecule has 0 saturated carbocycles. The fourth-order valence-electron chi connectivity index (χ4n) is 5.56. The van der Waals surface area contributed by atoms with E-state index < -0.39 is 106 Å². The highest BCUT2D eigenvalue weighted by Crippen LogP contribution is 2.43. The molecule has 11 atom stereocenters. The molecule has 2 aliphatic heterocycles. The van der Waals surface area contributed by atoms with Gasteiger partial charge in [-0.3, -0.25) is 9.59 Å². The molecule has 3 unspecified atom stereocenters. The molecule has 0 spiro atoms. The van der Waals surface area contributed by atoms with Crippen LogP contribution in [0.15, 0.2) is 45.6 Å². The van der Waals surface area contributed by atoms with Gasteiger partial charge in [-0.25, -0.2) is 0 Å². The highest BCUT2D eigenvalue weighted by molar-refractivity contribution is 5.88. The van der Waals surface area contributed by atoms with Crippen molar-refractivity contribution >= 4 is 16.8 Å². The van der Waals surface area contributed by atoms with Crippen LogP contribution in [-0.2, 0) is 14.3 Å². The summed E-state index contributed by atoms with van der Waals surface area (Å²) in [6.45, 7) is 2.20. The van der Waals surface area contributed by atoms with E-state index in [4.69, 9.17) is 18.6 Å². The van der Waals surface area contributed by atoms with Gasteiger partial charge < -0.3 is 69.7 Å². The number of ketones is 1. The molecule has 3 aromatic rings. The van der Waals surface area contributed by atoms with Crippen LogP contribution < -0.4 is 10.2 Å². The van der Waals surface area contributed by atoms with Gasteiger partial charge in [0.05, 0.1) is 6.10 Å². The molecule has 2 saturated heterocycles. The van der Waals surface area contributed by atoms with E-state index in [2.05, 4.69) is 0 Å². The molecule has 2 aromatic carbocycles. The largest absolute Gasteiger partial charge is 0.508 e. The predicted molar refractivity (Wildman–Crippen MR) is 148 cm³/mol. The second kappa shape index (κ2) is 11.8. The third-order valence-electron chi connectivity index (χ3n) is 8.10. The lowest BCUT2D eigenvalue weighted by Gasteiger charge is -2.54. The highest BCUT2D eigenvalue weighted by atomic mass is 16.7. The number of fused-ring (bicyclic) bond motifs is 1. The maximum Gasteiger partial charge on any atom is 0.239 e. The zero-order valence-electron chi connectivity index (χ0n) is 23.7. The first-order valence-corrected chi connectivity index (χ1v) is 13.7. The fourth-order valence-corrected chi connectivity index (χ4v) is 5.56. The number of carbonyl (C=O) groups excluding carboxylic acids is 1. The lowest BCUT2D eigenvalue weighted by molar-refractivity contribution is -0.373. The molecule has 45 heavy (non-hydrogen) atoms. The van der Waals surface area contributed by atoms with E-state index in [0.717, 1.165) is 19.1 Å². The minimum Gasteiger partial charge on any atom is -0.508 e. The minimum atomic E-state index is -3.12. The predicted octanol–water partition coefficient (Wildman–Crippen LogP) is -2.05.